The van der Waals surface area contributed by atoms with E-state index < -0.39 is 0 Å². The summed E-state index contributed by atoms with van der Waals surface area (Å²) in [4.78, 5) is 38.8. The summed E-state index contributed by atoms with van der Waals surface area (Å²) in [5, 5.41) is 19.5. The molecule has 6 aliphatic rings. The van der Waals surface area contributed by atoms with Crippen molar-refractivity contribution in [3.63, 3.8) is 0 Å². The van der Waals surface area contributed by atoms with Crippen LogP contribution in [0.25, 0.3) is 0 Å². The van der Waals surface area contributed by atoms with E-state index in [-0.39, 0.29) is 58.4 Å². The van der Waals surface area contributed by atoms with Crippen LogP contribution >= 0.6 is 0 Å². The Morgan fingerprint density at radius 3 is 1.95 bits per heavy atom. The monoisotopic (exact) mass is 503 g/mol. The maximum Gasteiger partial charge on any atom is 0.255 e. The van der Waals surface area contributed by atoms with Gasteiger partial charge in [0.25, 0.3) is 11.8 Å². The fourth-order valence-corrected chi connectivity index (χ4v) is 8.65. The van der Waals surface area contributed by atoms with Gasteiger partial charge in [0.1, 0.15) is 0 Å². The highest BCUT2D eigenvalue weighted by Gasteiger charge is 2.48. The summed E-state index contributed by atoms with van der Waals surface area (Å²) in [6, 6.07) is -0.0281. The number of amides is 2. The minimum absolute atomic E-state index is 0.0141. The number of hydrogen-bond acceptors (Lipinski definition) is 4. The molecular weight excluding hydrogens is 464 g/mol. The molecular formula is C31H39N2O4-. The molecule has 0 aromatic carbocycles. The Kier molecular flexibility index (Phi) is 6.85. The summed E-state index contributed by atoms with van der Waals surface area (Å²) >= 11 is 0. The van der Waals surface area contributed by atoms with Gasteiger partial charge in [0.05, 0.1) is 5.57 Å². The summed E-state index contributed by atoms with van der Waals surface area (Å²) in [5.41, 5.74) is 0.428. The number of piperidine rings is 1. The first kappa shape index (κ1) is 24.7. The van der Waals surface area contributed by atoms with Gasteiger partial charge >= 0.3 is 0 Å². The van der Waals surface area contributed by atoms with Gasteiger partial charge in [0, 0.05) is 23.6 Å². The predicted octanol–water partition coefficient (Wildman–Crippen LogP) is 3.64. The van der Waals surface area contributed by atoms with E-state index >= 15 is 0 Å². The van der Waals surface area contributed by atoms with Crippen LogP contribution in [-0.2, 0) is 14.4 Å². The maximum absolute atomic E-state index is 13.2. The fraction of sp³-hybridized carbons (Fsp3) is 0.645. The minimum atomic E-state index is -0.272. The van der Waals surface area contributed by atoms with Gasteiger partial charge in [0.15, 0.2) is 5.78 Å². The second-order valence-corrected chi connectivity index (χ2v) is 12.2. The van der Waals surface area contributed by atoms with Crippen LogP contribution in [0.1, 0.15) is 77.0 Å². The van der Waals surface area contributed by atoms with E-state index in [0.717, 1.165) is 38.5 Å². The second-order valence-electron chi connectivity index (χ2n) is 12.2. The zero-order valence-corrected chi connectivity index (χ0v) is 21.6. The highest BCUT2D eigenvalue weighted by Crippen LogP contribution is 2.46. The third kappa shape index (κ3) is 4.51. The van der Waals surface area contributed by atoms with Gasteiger partial charge in [-0.25, -0.2) is 0 Å². The number of ketones is 1. The molecule has 6 nitrogen and oxygen atoms in total. The first-order chi connectivity index (χ1) is 18.0. The molecule has 8 atom stereocenters. The number of fused-ring (bicyclic) bond motifs is 6. The molecule has 4 aliphatic carbocycles. The van der Waals surface area contributed by atoms with Crippen molar-refractivity contribution < 1.29 is 19.5 Å². The molecule has 6 rings (SSSR count). The van der Waals surface area contributed by atoms with Crippen LogP contribution in [0.3, 0.4) is 0 Å². The number of carbonyl (C=O) groups excluding carboxylic acids is 3. The highest BCUT2D eigenvalue weighted by atomic mass is 16.3. The van der Waals surface area contributed by atoms with E-state index in [1.165, 1.54) is 38.5 Å². The Morgan fingerprint density at radius 1 is 0.649 bits per heavy atom. The van der Waals surface area contributed by atoms with Gasteiger partial charge in [-0.3, -0.25) is 14.4 Å². The van der Waals surface area contributed by atoms with Crippen molar-refractivity contribution in [3.8, 4) is 0 Å². The standard InChI is InChI=1S/C31H40N2O4/c34-28-22-16-14-18-8-4-6-10-20(18)26(22)32-30(36)24(28)12-2-1-3-13-25-29(35)23-17-15-19-9-5-7-11-21(19)27(23)33-31(25)37/h1-3,12-13,18-23,26-27,34H,4-11,14-17H2,(H,32,36)(H,33,37)/p-1. The van der Waals surface area contributed by atoms with Gasteiger partial charge in [0.2, 0.25) is 0 Å². The Bertz CT molecular complexity index is 1080. The van der Waals surface area contributed by atoms with E-state index in [4.69, 9.17) is 0 Å². The zero-order valence-electron chi connectivity index (χ0n) is 21.6. The van der Waals surface area contributed by atoms with Crippen LogP contribution in [0.5, 0.6) is 0 Å². The third-order valence-electron chi connectivity index (χ3n) is 10.5. The van der Waals surface area contributed by atoms with Crippen LogP contribution in [-0.4, -0.2) is 29.7 Å². The second kappa shape index (κ2) is 10.3. The van der Waals surface area contributed by atoms with E-state index in [9.17, 15) is 19.5 Å². The average molecular weight is 504 g/mol. The largest absolute Gasteiger partial charge is 0.875 e. The van der Waals surface area contributed by atoms with Crippen molar-refractivity contribution in [2.24, 2.45) is 35.5 Å². The molecule has 2 N–H and O–H groups in total. The minimum Gasteiger partial charge on any atom is -0.875 e. The van der Waals surface area contributed by atoms with Gasteiger partial charge in [-0.15, -0.1) is 5.76 Å². The molecule has 0 aromatic rings. The Balaban J connectivity index is 1.12. The molecule has 0 radical (unpaired) electrons. The first-order valence-electron chi connectivity index (χ1n) is 14.6. The maximum atomic E-state index is 13.2. The smallest absolute Gasteiger partial charge is 0.255 e. The molecule has 2 aliphatic heterocycles. The highest BCUT2D eigenvalue weighted by molar-refractivity contribution is 6.22. The summed E-state index contributed by atoms with van der Waals surface area (Å²) in [7, 11) is 0. The molecule has 2 heterocycles. The van der Waals surface area contributed by atoms with Crippen LogP contribution < -0.4 is 15.7 Å². The number of nitrogens with one attached hydrogen (secondary N) is 2. The molecule has 0 spiro atoms. The molecule has 2 amide bonds. The van der Waals surface area contributed by atoms with E-state index in [1.54, 1.807) is 30.4 Å². The van der Waals surface area contributed by atoms with Gasteiger partial charge < -0.3 is 15.7 Å². The van der Waals surface area contributed by atoms with Crippen molar-refractivity contribution in [2.45, 2.75) is 89.1 Å². The van der Waals surface area contributed by atoms with Gasteiger partial charge in [-0.05, 0) is 74.2 Å². The van der Waals surface area contributed by atoms with Gasteiger partial charge in [-0.1, -0.05) is 62.8 Å². The molecule has 0 bridgehead atoms. The van der Waals surface area contributed by atoms with Crippen LogP contribution in [0, 0.1) is 35.5 Å². The molecule has 198 valence electrons. The van der Waals surface area contributed by atoms with E-state index in [0.29, 0.717) is 23.7 Å². The molecule has 4 saturated carbocycles. The van der Waals surface area contributed by atoms with Crippen LogP contribution in [0.4, 0.5) is 0 Å². The zero-order chi connectivity index (χ0) is 25.5. The third-order valence-corrected chi connectivity index (χ3v) is 10.5. The molecule has 5 fully saturated rings. The normalized spacial score (nSPS) is 41.2. The fourth-order valence-electron chi connectivity index (χ4n) is 8.65. The van der Waals surface area contributed by atoms with Crippen molar-refractivity contribution in [2.75, 3.05) is 0 Å². The summed E-state index contributed by atoms with van der Waals surface area (Å²) < 4.78 is 0. The Labute approximate surface area is 219 Å². The van der Waals surface area contributed by atoms with Crippen LogP contribution in [0.2, 0.25) is 0 Å². The number of rotatable bonds is 3. The number of hydrogen-bond donors (Lipinski definition) is 2. The van der Waals surface area contributed by atoms with Crippen molar-refractivity contribution in [1.29, 1.82) is 0 Å². The van der Waals surface area contributed by atoms with E-state index in [1.807, 2.05) is 0 Å². The molecule has 37 heavy (non-hydrogen) atoms. The topological polar surface area (TPSA) is 98.3 Å². The number of allylic oxidation sites excluding steroid dienone is 4. The average Bonchev–Trinajstić information content (AvgIpc) is 2.91. The lowest BCUT2D eigenvalue weighted by atomic mass is 9.62. The molecule has 6 heteroatoms. The number of carbonyl (C=O) groups is 3. The van der Waals surface area contributed by atoms with Crippen molar-refractivity contribution >= 4 is 17.6 Å². The summed E-state index contributed by atoms with van der Waals surface area (Å²) in [6.45, 7) is 0. The Morgan fingerprint density at radius 2 is 1.24 bits per heavy atom. The molecule has 8 unspecified atom stereocenters. The van der Waals surface area contributed by atoms with E-state index in [2.05, 4.69) is 10.6 Å². The first-order valence-corrected chi connectivity index (χ1v) is 14.6. The van der Waals surface area contributed by atoms with Crippen LogP contribution in [0.15, 0.2) is 47.3 Å². The lowest BCUT2D eigenvalue weighted by Gasteiger charge is -2.50. The molecule has 1 saturated heterocycles. The van der Waals surface area contributed by atoms with Crippen molar-refractivity contribution in [3.05, 3.63) is 47.3 Å². The Hall–Kier alpha value is -2.63. The quantitative estimate of drug-likeness (QED) is 0.349. The summed E-state index contributed by atoms with van der Waals surface area (Å²) in [5.74, 6) is 1.32. The summed E-state index contributed by atoms with van der Waals surface area (Å²) in [6.07, 6.45) is 21.6. The molecule has 0 aromatic heterocycles. The number of Topliss-reactive ketones (excluding diaryl/α,β-unsaturated/α-hetero) is 1. The SMILES string of the molecule is O=C1NC2C(CCC3CCCCC32)C(=O)C1=CC=CC=CC1=C([O-])C2CCC3CCCCC3C2NC1=O. The van der Waals surface area contributed by atoms with Gasteiger partial charge in [-0.2, -0.15) is 0 Å². The predicted molar refractivity (Wildman–Crippen MR) is 139 cm³/mol. The lowest BCUT2D eigenvalue weighted by Crippen LogP contribution is -2.58. The van der Waals surface area contributed by atoms with Crippen molar-refractivity contribution in [1.82, 2.24) is 10.6 Å². The lowest BCUT2D eigenvalue weighted by molar-refractivity contribution is -0.321.